The number of benzene rings is 1. The van der Waals surface area contributed by atoms with Crippen LogP contribution in [0.1, 0.15) is 44.2 Å². The number of nitrogens with zero attached hydrogens (tertiary/aromatic N) is 1. The Kier molecular flexibility index (Phi) is 4.63. The maximum Gasteiger partial charge on any atom is 0.0670 e. The van der Waals surface area contributed by atoms with E-state index in [1.54, 1.807) is 0 Å². The van der Waals surface area contributed by atoms with Gasteiger partial charge in [0, 0.05) is 38.3 Å². The van der Waals surface area contributed by atoms with Gasteiger partial charge in [-0.2, -0.15) is 0 Å². The van der Waals surface area contributed by atoms with Gasteiger partial charge in [0.2, 0.25) is 0 Å². The van der Waals surface area contributed by atoms with E-state index in [-0.39, 0.29) is 6.10 Å². The molecule has 116 valence electrons. The van der Waals surface area contributed by atoms with E-state index in [0.717, 1.165) is 19.6 Å². The molecule has 1 N–H and O–H groups in total. The zero-order valence-corrected chi connectivity index (χ0v) is 13.3. The van der Waals surface area contributed by atoms with Crippen LogP contribution >= 0.6 is 0 Å². The molecule has 1 saturated heterocycles. The van der Waals surface area contributed by atoms with E-state index in [1.807, 2.05) is 7.11 Å². The number of rotatable bonds is 4. The molecule has 2 fully saturated rings. The Hall–Kier alpha value is -0.900. The minimum Gasteiger partial charge on any atom is -0.380 e. The molecule has 1 spiro atoms. The maximum atomic E-state index is 5.53. The molecule has 1 aromatic carbocycles. The predicted octanol–water partition coefficient (Wildman–Crippen LogP) is 2.98. The number of methoxy groups -OCH3 is 1. The lowest BCUT2D eigenvalue weighted by molar-refractivity contribution is 0.0208. The van der Waals surface area contributed by atoms with Gasteiger partial charge in [0.05, 0.1) is 6.10 Å². The fourth-order valence-electron chi connectivity index (χ4n) is 3.98. The number of ether oxygens (including phenoxy) is 1. The molecular weight excluding hydrogens is 260 g/mol. The summed E-state index contributed by atoms with van der Waals surface area (Å²) in [6, 6.07) is 11.4. The second-order valence-corrected chi connectivity index (χ2v) is 6.77. The van der Waals surface area contributed by atoms with Crippen LogP contribution in [0, 0.1) is 0 Å². The van der Waals surface area contributed by atoms with Crippen molar-refractivity contribution in [3.8, 4) is 0 Å². The highest BCUT2D eigenvalue weighted by Gasteiger charge is 2.41. The fourth-order valence-corrected chi connectivity index (χ4v) is 3.98. The van der Waals surface area contributed by atoms with E-state index in [2.05, 4.69) is 47.5 Å². The van der Waals surface area contributed by atoms with Gasteiger partial charge in [0.15, 0.2) is 0 Å². The highest BCUT2D eigenvalue weighted by atomic mass is 16.5. The summed E-state index contributed by atoms with van der Waals surface area (Å²) in [7, 11) is 1.82. The Labute approximate surface area is 128 Å². The highest BCUT2D eigenvalue weighted by molar-refractivity contribution is 5.21. The van der Waals surface area contributed by atoms with Gasteiger partial charge in [-0.15, -0.1) is 0 Å². The van der Waals surface area contributed by atoms with Crippen molar-refractivity contribution >= 4 is 0 Å². The van der Waals surface area contributed by atoms with Crippen LogP contribution in [-0.2, 0) is 4.74 Å². The molecule has 1 aromatic rings. The Balaban J connectivity index is 1.78. The highest BCUT2D eigenvalue weighted by Crippen LogP contribution is 2.36. The Bertz CT molecular complexity index is 442. The maximum absolute atomic E-state index is 5.53. The molecule has 1 heterocycles. The average molecular weight is 288 g/mol. The van der Waals surface area contributed by atoms with Crippen LogP contribution in [0.15, 0.2) is 30.3 Å². The summed E-state index contributed by atoms with van der Waals surface area (Å²) in [5.41, 5.74) is 1.78. The number of nitrogens with one attached hydrogen (secondary N) is 1. The molecule has 2 aliphatic rings. The lowest BCUT2D eigenvalue weighted by atomic mass is 9.90. The first kappa shape index (κ1) is 15.0. The first-order chi connectivity index (χ1) is 10.2. The Morgan fingerprint density at radius 2 is 2.00 bits per heavy atom. The third-order valence-corrected chi connectivity index (χ3v) is 5.26. The third-order valence-electron chi connectivity index (χ3n) is 5.26. The van der Waals surface area contributed by atoms with Crippen LogP contribution in [0.4, 0.5) is 0 Å². The van der Waals surface area contributed by atoms with Gasteiger partial charge in [-0.3, -0.25) is 4.90 Å². The monoisotopic (exact) mass is 288 g/mol. The number of hydrogen-bond acceptors (Lipinski definition) is 3. The van der Waals surface area contributed by atoms with Gasteiger partial charge in [-0.25, -0.2) is 0 Å². The van der Waals surface area contributed by atoms with Crippen LogP contribution < -0.4 is 5.32 Å². The molecule has 21 heavy (non-hydrogen) atoms. The van der Waals surface area contributed by atoms with Crippen molar-refractivity contribution in [1.29, 1.82) is 0 Å². The third kappa shape index (κ3) is 3.31. The van der Waals surface area contributed by atoms with Gasteiger partial charge < -0.3 is 10.1 Å². The SMILES string of the molecule is COC(C)CN1CC2(CCCC2)NCC1c1ccccc1. The van der Waals surface area contributed by atoms with Gasteiger partial charge in [0.1, 0.15) is 0 Å². The molecule has 1 aliphatic heterocycles. The second kappa shape index (κ2) is 6.47. The van der Waals surface area contributed by atoms with E-state index in [0.29, 0.717) is 11.6 Å². The smallest absolute Gasteiger partial charge is 0.0670 e. The Morgan fingerprint density at radius 3 is 2.67 bits per heavy atom. The lowest BCUT2D eigenvalue weighted by Gasteiger charge is -2.47. The topological polar surface area (TPSA) is 24.5 Å². The van der Waals surface area contributed by atoms with Crippen molar-refractivity contribution in [2.75, 3.05) is 26.7 Å². The van der Waals surface area contributed by atoms with Crippen molar-refractivity contribution in [3.63, 3.8) is 0 Å². The molecule has 0 amide bonds. The van der Waals surface area contributed by atoms with Crippen molar-refractivity contribution in [1.82, 2.24) is 10.2 Å². The van der Waals surface area contributed by atoms with Crippen LogP contribution in [0.3, 0.4) is 0 Å². The van der Waals surface area contributed by atoms with E-state index in [4.69, 9.17) is 4.74 Å². The molecule has 2 unspecified atom stereocenters. The largest absolute Gasteiger partial charge is 0.380 e. The van der Waals surface area contributed by atoms with E-state index < -0.39 is 0 Å². The van der Waals surface area contributed by atoms with Crippen LogP contribution in [-0.4, -0.2) is 43.3 Å². The first-order valence-corrected chi connectivity index (χ1v) is 8.29. The van der Waals surface area contributed by atoms with Crippen LogP contribution in [0.25, 0.3) is 0 Å². The summed E-state index contributed by atoms with van der Waals surface area (Å²) < 4.78 is 5.53. The van der Waals surface area contributed by atoms with Crippen LogP contribution in [0.2, 0.25) is 0 Å². The summed E-state index contributed by atoms with van der Waals surface area (Å²) in [4.78, 5) is 2.64. The van der Waals surface area contributed by atoms with E-state index >= 15 is 0 Å². The first-order valence-electron chi connectivity index (χ1n) is 8.29. The lowest BCUT2D eigenvalue weighted by Crippen LogP contribution is -2.60. The summed E-state index contributed by atoms with van der Waals surface area (Å²) in [6.07, 6.45) is 5.68. The Morgan fingerprint density at radius 1 is 1.29 bits per heavy atom. The molecule has 0 bridgehead atoms. The second-order valence-electron chi connectivity index (χ2n) is 6.77. The summed E-state index contributed by atoms with van der Waals surface area (Å²) in [6.45, 7) is 5.39. The normalized spacial score (nSPS) is 27.0. The number of hydrogen-bond donors (Lipinski definition) is 1. The molecule has 0 radical (unpaired) electrons. The minimum absolute atomic E-state index is 0.285. The molecule has 0 aromatic heterocycles. The molecule has 1 aliphatic carbocycles. The summed E-state index contributed by atoms with van der Waals surface area (Å²) in [5, 5.41) is 3.88. The quantitative estimate of drug-likeness (QED) is 0.922. The summed E-state index contributed by atoms with van der Waals surface area (Å²) >= 11 is 0. The fraction of sp³-hybridized carbons (Fsp3) is 0.667. The molecular formula is C18H28N2O. The van der Waals surface area contributed by atoms with Crippen LogP contribution in [0.5, 0.6) is 0 Å². The van der Waals surface area contributed by atoms with Crippen molar-refractivity contribution in [2.45, 2.75) is 50.3 Å². The van der Waals surface area contributed by atoms with Gasteiger partial charge in [-0.05, 0) is 25.3 Å². The predicted molar refractivity (Wildman–Crippen MR) is 86.4 cm³/mol. The molecule has 2 atom stereocenters. The van der Waals surface area contributed by atoms with Gasteiger partial charge >= 0.3 is 0 Å². The molecule has 3 rings (SSSR count). The molecule has 3 nitrogen and oxygen atoms in total. The zero-order valence-electron chi connectivity index (χ0n) is 13.3. The molecule has 3 heteroatoms. The van der Waals surface area contributed by atoms with Gasteiger partial charge in [-0.1, -0.05) is 43.2 Å². The standard InChI is InChI=1S/C18H28N2O/c1-15(21-2)13-20-14-18(10-6-7-11-18)19-12-17(20)16-8-4-3-5-9-16/h3-5,8-9,15,17,19H,6-7,10-14H2,1-2H3. The zero-order chi connectivity index (χ0) is 14.7. The summed E-state index contributed by atoms with van der Waals surface area (Å²) in [5.74, 6) is 0. The molecule has 1 saturated carbocycles. The van der Waals surface area contributed by atoms with Crippen molar-refractivity contribution in [2.24, 2.45) is 0 Å². The average Bonchev–Trinajstić information content (AvgIpc) is 2.96. The van der Waals surface area contributed by atoms with Gasteiger partial charge in [0.25, 0.3) is 0 Å². The number of piperazine rings is 1. The van der Waals surface area contributed by atoms with E-state index in [1.165, 1.54) is 31.2 Å². The minimum atomic E-state index is 0.285. The van der Waals surface area contributed by atoms with Crippen molar-refractivity contribution < 1.29 is 4.74 Å². The van der Waals surface area contributed by atoms with Crippen molar-refractivity contribution in [3.05, 3.63) is 35.9 Å². The van der Waals surface area contributed by atoms with E-state index in [9.17, 15) is 0 Å².